The molecule has 0 bridgehead atoms. The molecule has 2 aromatic heterocycles. The predicted molar refractivity (Wildman–Crippen MR) is 102 cm³/mol. The van der Waals surface area contributed by atoms with Gasteiger partial charge in [-0.15, -0.1) is 0 Å². The van der Waals surface area contributed by atoms with Crippen LogP contribution in [-0.4, -0.2) is 30.3 Å². The number of aromatic nitrogens is 2. The first-order chi connectivity index (χ1) is 13.3. The quantitative estimate of drug-likeness (QED) is 0.516. The Balaban J connectivity index is 1.71. The minimum Gasteiger partial charge on any atom is -0.490 e. The molecule has 2 aromatic carbocycles. The molecule has 27 heavy (non-hydrogen) atoms. The van der Waals surface area contributed by atoms with Crippen LogP contribution in [0.25, 0.3) is 21.8 Å². The lowest BCUT2D eigenvalue weighted by atomic mass is 10.1. The molecule has 6 nitrogen and oxygen atoms in total. The van der Waals surface area contributed by atoms with Crippen molar-refractivity contribution >= 4 is 21.8 Å². The van der Waals surface area contributed by atoms with Gasteiger partial charge in [0.15, 0.2) is 0 Å². The van der Waals surface area contributed by atoms with Crippen molar-refractivity contribution in [3.63, 3.8) is 0 Å². The number of hydrogen-bond acceptors (Lipinski definition) is 5. The Hall–Kier alpha value is -3.56. The highest BCUT2D eigenvalue weighted by Gasteiger charge is 2.12. The third kappa shape index (κ3) is 3.41. The molecule has 6 heteroatoms. The number of pyridine rings is 1. The van der Waals surface area contributed by atoms with E-state index < -0.39 is 0 Å². The highest BCUT2D eigenvalue weighted by atomic mass is 16.5. The first-order valence-electron chi connectivity index (χ1n) is 8.48. The van der Waals surface area contributed by atoms with E-state index in [0.29, 0.717) is 41.5 Å². The molecule has 4 aromatic rings. The van der Waals surface area contributed by atoms with Gasteiger partial charge in [-0.2, -0.15) is 5.26 Å². The fraction of sp³-hybridized carbons (Fsp3) is 0.143. The van der Waals surface area contributed by atoms with E-state index >= 15 is 0 Å². The number of nitriles is 1. The van der Waals surface area contributed by atoms with Crippen LogP contribution in [0.3, 0.4) is 0 Å². The molecule has 1 N–H and O–H groups in total. The number of hydrogen-bond donors (Lipinski definition) is 1. The smallest absolute Gasteiger partial charge is 0.139 e. The number of methoxy groups -OCH3 is 1. The molecule has 0 aliphatic carbocycles. The third-order valence-corrected chi connectivity index (χ3v) is 4.22. The monoisotopic (exact) mass is 359 g/mol. The molecule has 2 heterocycles. The molecule has 4 rings (SSSR count). The summed E-state index contributed by atoms with van der Waals surface area (Å²) in [5.41, 5.74) is 2.17. The van der Waals surface area contributed by atoms with Crippen molar-refractivity contribution < 1.29 is 14.2 Å². The number of H-pyrrole nitrogens is 1. The zero-order valence-electron chi connectivity index (χ0n) is 14.7. The molecule has 0 saturated carbocycles. The van der Waals surface area contributed by atoms with Crippen LogP contribution < -0.4 is 9.47 Å². The van der Waals surface area contributed by atoms with Gasteiger partial charge in [0.2, 0.25) is 0 Å². The van der Waals surface area contributed by atoms with Gasteiger partial charge in [-0.3, -0.25) is 4.98 Å². The van der Waals surface area contributed by atoms with Crippen LogP contribution in [0.1, 0.15) is 5.56 Å². The van der Waals surface area contributed by atoms with Gasteiger partial charge in [-0.1, -0.05) is 0 Å². The van der Waals surface area contributed by atoms with E-state index in [1.54, 1.807) is 31.5 Å². The van der Waals surface area contributed by atoms with Gasteiger partial charge in [0.25, 0.3) is 0 Å². The Morgan fingerprint density at radius 3 is 2.85 bits per heavy atom. The van der Waals surface area contributed by atoms with E-state index in [4.69, 9.17) is 14.2 Å². The maximum absolute atomic E-state index is 9.48. The number of nitrogens with zero attached hydrogens (tertiary/aromatic N) is 2. The predicted octanol–water partition coefficient (Wildman–Crippen LogP) is 4.41. The molecular formula is C21H17N3O3. The Morgan fingerprint density at radius 2 is 2.00 bits per heavy atom. The standard InChI is InChI=1S/C21H17N3O3/c1-25-8-9-26-21-12-19-17(11-15(21)13-22)20(5-7-24-19)27-16-2-3-18-14(10-16)4-6-23-18/h2-7,10-12,23H,8-9H2,1H3. The van der Waals surface area contributed by atoms with Gasteiger partial charge in [0, 0.05) is 41.9 Å². The van der Waals surface area contributed by atoms with Gasteiger partial charge in [-0.05, 0) is 36.4 Å². The van der Waals surface area contributed by atoms with Gasteiger partial charge in [0.1, 0.15) is 29.9 Å². The van der Waals surface area contributed by atoms with E-state index in [1.807, 2.05) is 30.5 Å². The molecule has 0 aliphatic heterocycles. The van der Waals surface area contributed by atoms with Gasteiger partial charge in [-0.25, -0.2) is 0 Å². The summed E-state index contributed by atoms with van der Waals surface area (Å²) in [5, 5.41) is 11.3. The lowest BCUT2D eigenvalue weighted by molar-refractivity contribution is 0.146. The summed E-state index contributed by atoms with van der Waals surface area (Å²) in [5.74, 6) is 1.84. The number of benzene rings is 2. The van der Waals surface area contributed by atoms with Crippen molar-refractivity contribution in [2.75, 3.05) is 20.3 Å². The minimum atomic E-state index is 0.365. The Kier molecular flexibility index (Phi) is 4.60. The number of ether oxygens (including phenoxy) is 3. The molecular weight excluding hydrogens is 342 g/mol. The molecule has 0 spiro atoms. The van der Waals surface area contributed by atoms with Crippen LogP contribution in [-0.2, 0) is 4.74 Å². The van der Waals surface area contributed by atoms with Crippen LogP contribution in [0, 0.1) is 11.3 Å². The van der Waals surface area contributed by atoms with Crippen LogP contribution in [0.4, 0.5) is 0 Å². The first kappa shape index (κ1) is 16.9. The molecule has 0 fully saturated rings. The van der Waals surface area contributed by atoms with Crippen LogP contribution >= 0.6 is 0 Å². The number of fused-ring (bicyclic) bond motifs is 2. The SMILES string of the molecule is COCCOc1cc2nccc(Oc3ccc4[nH]ccc4c3)c2cc1C#N. The fourth-order valence-electron chi connectivity index (χ4n) is 2.90. The first-order valence-corrected chi connectivity index (χ1v) is 8.48. The summed E-state index contributed by atoms with van der Waals surface area (Å²) >= 11 is 0. The Morgan fingerprint density at radius 1 is 1.07 bits per heavy atom. The van der Waals surface area contributed by atoms with E-state index in [0.717, 1.165) is 16.3 Å². The lowest BCUT2D eigenvalue weighted by Crippen LogP contribution is -2.05. The number of aromatic amines is 1. The Bertz CT molecular complexity index is 1140. The van der Waals surface area contributed by atoms with E-state index in [1.165, 1.54) is 0 Å². The molecule has 0 amide bonds. The average Bonchev–Trinajstić information content (AvgIpc) is 3.16. The van der Waals surface area contributed by atoms with Gasteiger partial charge in [0.05, 0.1) is 17.7 Å². The Labute approximate surface area is 155 Å². The largest absolute Gasteiger partial charge is 0.490 e. The topological polar surface area (TPSA) is 80.2 Å². The zero-order valence-corrected chi connectivity index (χ0v) is 14.7. The lowest BCUT2D eigenvalue weighted by Gasteiger charge is -2.12. The minimum absolute atomic E-state index is 0.365. The van der Waals surface area contributed by atoms with Gasteiger partial charge < -0.3 is 19.2 Å². The summed E-state index contributed by atoms with van der Waals surface area (Å²) < 4.78 is 16.7. The molecule has 0 aliphatic rings. The van der Waals surface area contributed by atoms with Gasteiger partial charge >= 0.3 is 0 Å². The van der Waals surface area contributed by atoms with Crippen LogP contribution in [0.15, 0.2) is 54.9 Å². The third-order valence-electron chi connectivity index (χ3n) is 4.22. The van der Waals surface area contributed by atoms with Crippen molar-refractivity contribution in [3.05, 3.63) is 60.4 Å². The molecule has 0 unspecified atom stereocenters. The summed E-state index contributed by atoms with van der Waals surface area (Å²) in [6.45, 7) is 0.810. The second kappa shape index (κ2) is 7.36. The van der Waals surface area contributed by atoms with Crippen LogP contribution in [0.5, 0.6) is 17.2 Å². The van der Waals surface area contributed by atoms with E-state index in [-0.39, 0.29) is 0 Å². The molecule has 0 saturated heterocycles. The maximum atomic E-state index is 9.48. The number of rotatable bonds is 6. The summed E-state index contributed by atoms with van der Waals surface area (Å²) in [4.78, 5) is 7.54. The zero-order chi connectivity index (χ0) is 18.6. The normalized spacial score (nSPS) is 10.8. The average molecular weight is 359 g/mol. The van der Waals surface area contributed by atoms with Crippen molar-refractivity contribution in [3.8, 4) is 23.3 Å². The fourth-order valence-corrected chi connectivity index (χ4v) is 2.90. The van der Waals surface area contributed by atoms with Crippen LogP contribution in [0.2, 0.25) is 0 Å². The molecule has 0 atom stereocenters. The summed E-state index contributed by atoms with van der Waals surface area (Å²) in [6, 6.07) is 15.3. The second-order valence-corrected chi connectivity index (χ2v) is 5.96. The van der Waals surface area contributed by atoms with Crippen molar-refractivity contribution in [2.24, 2.45) is 0 Å². The molecule has 134 valence electrons. The van der Waals surface area contributed by atoms with Crippen molar-refractivity contribution in [2.45, 2.75) is 0 Å². The van der Waals surface area contributed by atoms with E-state index in [9.17, 15) is 5.26 Å². The van der Waals surface area contributed by atoms with E-state index in [2.05, 4.69) is 16.0 Å². The number of nitrogens with one attached hydrogen (secondary N) is 1. The van der Waals surface area contributed by atoms with Crippen molar-refractivity contribution in [1.29, 1.82) is 5.26 Å². The van der Waals surface area contributed by atoms with Crippen molar-refractivity contribution in [1.82, 2.24) is 9.97 Å². The highest BCUT2D eigenvalue weighted by Crippen LogP contribution is 2.33. The summed E-state index contributed by atoms with van der Waals surface area (Å²) in [6.07, 6.45) is 3.57. The second-order valence-electron chi connectivity index (χ2n) is 5.96. The molecule has 0 radical (unpaired) electrons. The maximum Gasteiger partial charge on any atom is 0.139 e. The highest BCUT2D eigenvalue weighted by molar-refractivity contribution is 5.88. The summed E-state index contributed by atoms with van der Waals surface area (Å²) in [7, 11) is 1.60.